The lowest BCUT2D eigenvalue weighted by molar-refractivity contribution is -0.143. The van der Waals surface area contributed by atoms with Gasteiger partial charge in [-0.1, -0.05) is 31.8 Å². The first-order chi connectivity index (χ1) is 9.31. The predicted molar refractivity (Wildman–Crippen MR) is 79.0 cm³/mol. The van der Waals surface area contributed by atoms with E-state index in [4.69, 9.17) is 9.84 Å². The molecule has 0 spiro atoms. The molecule has 0 rings (SSSR count). The first-order valence-electron chi connectivity index (χ1n) is 7.68. The van der Waals surface area contributed by atoms with Gasteiger partial charge < -0.3 is 9.84 Å². The smallest absolute Gasteiger partial charge is 0.305 e. The van der Waals surface area contributed by atoms with E-state index in [2.05, 4.69) is 6.58 Å². The van der Waals surface area contributed by atoms with Crippen LogP contribution in [0.1, 0.15) is 70.6 Å². The van der Waals surface area contributed by atoms with Crippen LogP contribution in [0.25, 0.3) is 0 Å². The highest BCUT2D eigenvalue weighted by Crippen LogP contribution is 2.08. The van der Waals surface area contributed by atoms with Crippen molar-refractivity contribution in [3.8, 4) is 0 Å². The van der Waals surface area contributed by atoms with Gasteiger partial charge in [-0.3, -0.25) is 4.79 Å². The Morgan fingerprint density at radius 1 is 0.947 bits per heavy atom. The zero-order valence-corrected chi connectivity index (χ0v) is 12.2. The summed E-state index contributed by atoms with van der Waals surface area (Å²) in [4.78, 5) is 11.4. The van der Waals surface area contributed by atoms with Crippen molar-refractivity contribution >= 4 is 5.97 Å². The van der Waals surface area contributed by atoms with E-state index in [1.807, 2.05) is 6.08 Å². The molecule has 0 aromatic rings. The monoisotopic (exact) mass is 270 g/mol. The van der Waals surface area contributed by atoms with Crippen LogP contribution >= 0.6 is 0 Å². The van der Waals surface area contributed by atoms with Gasteiger partial charge in [-0.2, -0.15) is 0 Å². The van der Waals surface area contributed by atoms with E-state index in [-0.39, 0.29) is 12.6 Å². The van der Waals surface area contributed by atoms with Crippen LogP contribution < -0.4 is 0 Å². The van der Waals surface area contributed by atoms with Crippen LogP contribution in [0.2, 0.25) is 0 Å². The third-order valence-corrected chi connectivity index (χ3v) is 3.10. The van der Waals surface area contributed by atoms with Crippen molar-refractivity contribution in [2.75, 3.05) is 13.2 Å². The summed E-state index contributed by atoms with van der Waals surface area (Å²) in [5.41, 5.74) is 0. The van der Waals surface area contributed by atoms with E-state index >= 15 is 0 Å². The Labute approximate surface area is 118 Å². The number of allylic oxidation sites excluding steroid dienone is 1. The highest BCUT2D eigenvalue weighted by atomic mass is 16.5. The standard InChI is InChI=1S/C16H30O3/c1-2-3-4-5-6-7-10-13-16(18)19-15-12-9-8-11-14-17/h2,17H,1,3-15H2. The van der Waals surface area contributed by atoms with Gasteiger partial charge in [0.2, 0.25) is 0 Å². The fraction of sp³-hybridized carbons (Fsp3) is 0.812. The molecule has 19 heavy (non-hydrogen) atoms. The summed E-state index contributed by atoms with van der Waals surface area (Å²) in [6.45, 7) is 4.48. The maximum atomic E-state index is 11.4. The van der Waals surface area contributed by atoms with E-state index in [0.717, 1.165) is 44.9 Å². The zero-order valence-electron chi connectivity index (χ0n) is 12.2. The Balaban J connectivity index is 3.14. The van der Waals surface area contributed by atoms with E-state index in [0.29, 0.717) is 13.0 Å². The van der Waals surface area contributed by atoms with Gasteiger partial charge in [-0.15, -0.1) is 6.58 Å². The lowest BCUT2D eigenvalue weighted by Gasteiger charge is -2.04. The van der Waals surface area contributed by atoms with Crippen LogP contribution in [0, 0.1) is 0 Å². The van der Waals surface area contributed by atoms with Gasteiger partial charge in [0.25, 0.3) is 0 Å². The Bertz CT molecular complexity index is 214. The molecule has 0 radical (unpaired) electrons. The molecule has 0 aliphatic carbocycles. The summed E-state index contributed by atoms with van der Waals surface area (Å²) in [6.07, 6.45) is 13.1. The molecule has 0 saturated heterocycles. The predicted octanol–water partition coefficient (Wildman–Crippen LogP) is 4.00. The van der Waals surface area contributed by atoms with Gasteiger partial charge >= 0.3 is 5.97 Å². The SMILES string of the molecule is C=CCCCCCCCC(=O)OCCCCCCO. The van der Waals surface area contributed by atoms with E-state index in [9.17, 15) is 4.79 Å². The van der Waals surface area contributed by atoms with Crippen LogP contribution in [-0.4, -0.2) is 24.3 Å². The van der Waals surface area contributed by atoms with Crippen LogP contribution in [-0.2, 0) is 9.53 Å². The molecular weight excluding hydrogens is 240 g/mol. The van der Waals surface area contributed by atoms with Gasteiger partial charge in [-0.25, -0.2) is 0 Å². The zero-order chi connectivity index (χ0) is 14.2. The van der Waals surface area contributed by atoms with Crippen molar-refractivity contribution in [1.82, 2.24) is 0 Å². The molecule has 0 heterocycles. The third-order valence-electron chi connectivity index (χ3n) is 3.10. The van der Waals surface area contributed by atoms with Gasteiger partial charge in [-0.05, 0) is 38.5 Å². The molecule has 0 aromatic carbocycles. The second-order valence-electron chi connectivity index (χ2n) is 4.95. The number of esters is 1. The summed E-state index contributed by atoms with van der Waals surface area (Å²) in [5.74, 6) is -0.0618. The Morgan fingerprint density at radius 2 is 1.58 bits per heavy atom. The molecule has 0 saturated carbocycles. The van der Waals surface area contributed by atoms with Crippen molar-refractivity contribution < 1.29 is 14.6 Å². The molecule has 0 unspecified atom stereocenters. The second-order valence-corrected chi connectivity index (χ2v) is 4.95. The molecule has 0 amide bonds. The number of aliphatic hydroxyl groups excluding tert-OH is 1. The highest BCUT2D eigenvalue weighted by Gasteiger charge is 2.02. The molecular formula is C16H30O3. The second kappa shape index (κ2) is 15.2. The van der Waals surface area contributed by atoms with Crippen LogP contribution in [0.5, 0.6) is 0 Å². The minimum atomic E-state index is -0.0618. The van der Waals surface area contributed by atoms with Crippen molar-refractivity contribution in [2.24, 2.45) is 0 Å². The fourth-order valence-corrected chi connectivity index (χ4v) is 1.91. The van der Waals surface area contributed by atoms with Crippen LogP contribution in [0.15, 0.2) is 12.7 Å². The van der Waals surface area contributed by atoms with Crippen molar-refractivity contribution in [2.45, 2.75) is 70.6 Å². The topological polar surface area (TPSA) is 46.5 Å². The van der Waals surface area contributed by atoms with Crippen LogP contribution in [0.4, 0.5) is 0 Å². The van der Waals surface area contributed by atoms with E-state index in [1.54, 1.807) is 0 Å². The van der Waals surface area contributed by atoms with Crippen molar-refractivity contribution in [3.05, 3.63) is 12.7 Å². The summed E-state index contributed by atoms with van der Waals surface area (Å²) >= 11 is 0. The first kappa shape index (κ1) is 18.2. The molecule has 0 aliphatic rings. The molecule has 1 N–H and O–H groups in total. The quantitative estimate of drug-likeness (QED) is 0.295. The fourth-order valence-electron chi connectivity index (χ4n) is 1.91. The molecule has 0 aliphatic heterocycles. The first-order valence-corrected chi connectivity index (χ1v) is 7.68. The van der Waals surface area contributed by atoms with Crippen molar-refractivity contribution in [3.63, 3.8) is 0 Å². The normalized spacial score (nSPS) is 10.4. The number of carbonyl (C=O) groups excluding carboxylic acids is 1. The average molecular weight is 270 g/mol. The number of unbranched alkanes of at least 4 members (excludes halogenated alkanes) is 8. The maximum absolute atomic E-state index is 11.4. The Kier molecular flexibility index (Phi) is 14.6. The largest absolute Gasteiger partial charge is 0.466 e. The molecule has 112 valence electrons. The number of rotatable bonds is 14. The van der Waals surface area contributed by atoms with E-state index in [1.165, 1.54) is 19.3 Å². The van der Waals surface area contributed by atoms with Gasteiger partial charge in [0.1, 0.15) is 0 Å². The number of ether oxygens (including phenoxy) is 1. The number of hydrogen-bond donors (Lipinski definition) is 1. The lowest BCUT2D eigenvalue weighted by Crippen LogP contribution is -2.05. The van der Waals surface area contributed by atoms with Crippen LogP contribution in [0.3, 0.4) is 0 Å². The average Bonchev–Trinajstić information content (AvgIpc) is 2.41. The molecule has 0 fully saturated rings. The molecule has 0 atom stereocenters. The lowest BCUT2D eigenvalue weighted by atomic mass is 10.1. The van der Waals surface area contributed by atoms with E-state index < -0.39 is 0 Å². The van der Waals surface area contributed by atoms with Gasteiger partial charge in [0.15, 0.2) is 0 Å². The molecule has 0 bridgehead atoms. The summed E-state index contributed by atoms with van der Waals surface area (Å²) < 4.78 is 5.15. The number of carbonyl (C=O) groups is 1. The molecule has 3 heteroatoms. The summed E-state index contributed by atoms with van der Waals surface area (Å²) in [6, 6.07) is 0. The van der Waals surface area contributed by atoms with Gasteiger partial charge in [0.05, 0.1) is 6.61 Å². The summed E-state index contributed by atoms with van der Waals surface area (Å²) in [5, 5.41) is 8.61. The van der Waals surface area contributed by atoms with Crippen molar-refractivity contribution in [1.29, 1.82) is 0 Å². The molecule has 0 aromatic heterocycles. The Morgan fingerprint density at radius 3 is 2.32 bits per heavy atom. The maximum Gasteiger partial charge on any atom is 0.305 e. The highest BCUT2D eigenvalue weighted by molar-refractivity contribution is 5.69. The third kappa shape index (κ3) is 15.1. The number of hydrogen-bond acceptors (Lipinski definition) is 3. The van der Waals surface area contributed by atoms with Gasteiger partial charge in [0, 0.05) is 13.0 Å². The Hall–Kier alpha value is -0.830. The number of aliphatic hydroxyl groups is 1. The molecule has 3 nitrogen and oxygen atoms in total. The minimum Gasteiger partial charge on any atom is -0.466 e. The summed E-state index contributed by atoms with van der Waals surface area (Å²) in [7, 11) is 0. The minimum absolute atomic E-state index is 0.0618.